The van der Waals surface area contributed by atoms with E-state index in [1.54, 1.807) is 6.07 Å². The van der Waals surface area contributed by atoms with E-state index in [0.29, 0.717) is 5.56 Å². The first-order chi connectivity index (χ1) is 11.9. The summed E-state index contributed by atoms with van der Waals surface area (Å²) in [5.74, 6) is -2.52. The number of methoxy groups -OCH3 is 1. The predicted molar refractivity (Wildman–Crippen MR) is 92.0 cm³/mol. The smallest absolute Gasteiger partial charge is 0.323 e. The number of carboxylic acids is 1. The second-order valence-corrected chi connectivity index (χ2v) is 5.67. The number of benzene rings is 2. The molecule has 5 nitrogen and oxygen atoms in total. The lowest BCUT2D eigenvalue weighted by Gasteiger charge is -2.20. The fourth-order valence-corrected chi connectivity index (χ4v) is 2.40. The summed E-state index contributed by atoms with van der Waals surface area (Å²) in [5.41, 5.74) is 2.42. The Morgan fingerprint density at radius 3 is 2.32 bits per heavy atom. The molecular weight excluding hydrogens is 325 g/mol. The van der Waals surface area contributed by atoms with Crippen molar-refractivity contribution in [1.82, 2.24) is 4.90 Å². The van der Waals surface area contributed by atoms with Gasteiger partial charge in [-0.2, -0.15) is 0 Å². The molecule has 0 saturated heterocycles. The van der Waals surface area contributed by atoms with Crippen LogP contribution >= 0.6 is 0 Å². The zero-order valence-corrected chi connectivity index (χ0v) is 14.2. The number of halogens is 1. The highest BCUT2D eigenvalue weighted by Gasteiger charge is 2.21. The Labute approximate surface area is 145 Å². The Bertz CT molecular complexity index is 759. The maximum Gasteiger partial charge on any atom is 0.323 e. The Morgan fingerprint density at radius 1 is 1.12 bits per heavy atom. The molecule has 1 amide bonds. The van der Waals surface area contributed by atoms with Gasteiger partial charge in [0.25, 0.3) is 5.91 Å². The number of rotatable bonds is 7. The Kier molecular flexibility index (Phi) is 6.25. The first-order valence-electron chi connectivity index (χ1n) is 7.79. The first kappa shape index (κ1) is 18.6. The second-order valence-electron chi connectivity index (χ2n) is 5.67. The average molecular weight is 345 g/mol. The van der Waals surface area contributed by atoms with Crippen molar-refractivity contribution in [3.8, 4) is 11.1 Å². The van der Waals surface area contributed by atoms with Gasteiger partial charge in [-0.1, -0.05) is 35.9 Å². The molecule has 0 heterocycles. The van der Waals surface area contributed by atoms with E-state index in [0.717, 1.165) is 16.0 Å². The maximum atomic E-state index is 14.5. The van der Waals surface area contributed by atoms with Crippen molar-refractivity contribution >= 4 is 11.9 Å². The van der Waals surface area contributed by atoms with E-state index in [4.69, 9.17) is 9.84 Å². The normalized spacial score (nSPS) is 10.5. The van der Waals surface area contributed by atoms with Gasteiger partial charge in [0.05, 0.1) is 12.2 Å². The third-order valence-corrected chi connectivity index (χ3v) is 3.76. The van der Waals surface area contributed by atoms with Crippen LogP contribution < -0.4 is 0 Å². The van der Waals surface area contributed by atoms with Crippen LogP contribution in [0, 0.1) is 12.7 Å². The number of ether oxygens (including phenoxy) is 1. The van der Waals surface area contributed by atoms with Crippen molar-refractivity contribution in [3.63, 3.8) is 0 Å². The highest BCUT2D eigenvalue weighted by Crippen LogP contribution is 2.23. The van der Waals surface area contributed by atoms with E-state index in [-0.39, 0.29) is 18.7 Å². The van der Waals surface area contributed by atoms with Crippen molar-refractivity contribution in [2.24, 2.45) is 0 Å². The van der Waals surface area contributed by atoms with Gasteiger partial charge >= 0.3 is 5.97 Å². The zero-order chi connectivity index (χ0) is 18.4. The number of amides is 1. The van der Waals surface area contributed by atoms with E-state index in [9.17, 15) is 14.0 Å². The minimum atomic E-state index is -1.17. The van der Waals surface area contributed by atoms with Crippen molar-refractivity contribution < 1.29 is 23.8 Å². The summed E-state index contributed by atoms with van der Waals surface area (Å²) in [5, 5.41) is 8.94. The summed E-state index contributed by atoms with van der Waals surface area (Å²) in [4.78, 5) is 24.4. The highest BCUT2D eigenvalue weighted by atomic mass is 19.1. The molecule has 0 aromatic heterocycles. The summed E-state index contributed by atoms with van der Waals surface area (Å²) < 4.78 is 19.3. The van der Waals surface area contributed by atoms with Gasteiger partial charge in [0.15, 0.2) is 0 Å². The quantitative estimate of drug-likeness (QED) is 0.838. The molecule has 0 fully saturated rings. The molecule has 0 unspecified atom stereocenters. The molecule has 132 valence electrons. The van der Waals surface area contributed by atoms with Gasteiger partial charge in [-0.15, -0.1) is 0 Å². The molecule has 2 rings (SSSR count). The van der Waals surface area contributed by atoms with Crippen LogP contribution in [0.5, 0.6) is 0 Å². The van der Waals surface area contributed by atoms with E-state index >= 15 is 0 Å². The third-order valence-electron chi connectivity index (χ3n) is 3.76. The molecule has 0 aliphatic rings. The molecule has 6 heteroatoms. The Hall–Kier alpha value is -2.73. The second kappa shape index (κ2) is 8.39. The molecule has 0 bridgehead atoms. The molecular formula is C19H20FNO4. The van der Waals surface area contributed by atoms with E-state index in [2.05, 4.69) is 0 Å². The summed E-state index contributed by atoms with van der Waals surface area (Å²) in [6, 6.07) is 11.9. The standard InChI is InChI=1S/C19H20FNO4/c1-13-3-5-14(6-4-13)15-7-8-16(17(20)11-15)19(24)21(9-10-25-2)12-18(22)23/h3-8,11H,9-10,12H2,1-2H3,(H,22,23). The van der Waals surface area contributed by atoms with E-state index < -0.39 is 24.2 Å². The van der Waals surface area contributed by atoms with Crippen LogP contribution in [0.3, 0.4) is 0 Å². The molecule has 25 heavy (non-hydrogen) atoms. The zero-order valence-electron chi connectivity index (χ0n) is 14.2. The monoisotopic (exact) mass is 345 g/mol. The molecule has 1 N–H and O–H groups in total. The molecule has 0 aliphatic carbocycles. The molecule has 0 radical (unpaired) electrons. The molecule has 0 aliphatic heterocycles. The van der Waals surface area contributed by atoms with Gasteiger partial charge in [-0.05, 0) is 30.2 Å². The van der Waals surface area contributed by atoms with Gasteiger partial charge in [0.1, 0.15) is 12.4 Å². The molecule has 2 aromatic carbocycles. The summed E-state index contributed by atoms with van der Waals surface area (Å²) in [7, 11) is 1.44. The fourth-order valence-electron chi connectivity index (χ4n) is 2.40. The summed E-state index contributed by atoms with van der Waals surface area (Å²) in [6.45, 7) is 1.69. The van der Waals surface area contributed by atoms with Crippen LogP contribution in [0.25, 0.3) is 11.1 Å². The lowest BCUT2D eigenvalue weighted by molar-refractivity contribution is -0.137. The van der Waals surface area contributed by atoms with Crippen LogP contribution in [0.1, 0.15) is 15.9 Å². The summed E-state index contributed by atoms with van der Waals surface area (Å²) >= 11 is 0. The fraction of sp³-hybridized carbons (Fsp3) is 0.263. The maximum absolute atomic E-state index is 14.5. The number of nitrogens with zero attached hydrogens (tertiary/aromatic N) is 1. The number of hydrogen-bond donors (Lipinski definition) is 1. The van der Waals surface area contributed by atoms with Gasteiger partial charge in [-0.25, -0.2) is 4.39 Å². The van der Waals surface area contributed by atoms with E-state index in [1.807, 2.05) is 31.2 Å². The number of carbonyl (C=O) groups excluding carboxylic acids is 1. The lowest BCUT2D eigenvalue weighted by Crippen LogP contribution is -2.38. The predicted octanol–water partition coefficient (Wildman–Crippen LogP) is 2.97. The minimum Gasteiger partial charge on any atom is -0.480 e. The third kappa shape index (κ3) is 4.87. The topological polar surface area (TPSA) is 66.8 Å². The molecule has 0 atom stereocenters. The molecule has 0 spiro atoms. The number of carboxylic acid groups (broad SMARTS) is 1. The minimum absolute atomic E-state index is 0.0702. The Balaban J connectivity index is 2.27. The molecule has 2 aromatic rings. The highest BCUT2D eigenvalue weighted by molar-refractivity contribution is 5.96. The van der Waals surface area contributed by atoms with Gasteiger partial charge < -0.3 is 14.7 Å². The van der Waals surface area contributed by atoms with Crippen LogP contribution in [0.15, 0.2) is 42.5 Å². The first-order valence-corrected chi connectivity index (χ1v) is 7.79. The van der Waals surface area contributed by atoms with Gasteiger partial charge in [-0.3, -0.25) is 9.59 Å². The Morgan fingerprint density at radius 2 is 1.76 bits per heavy atom. The van der Waals surface area contributed by atoms with Crippen LogP contribution in [0.2, 0.25) is 0 Å². The van der Waals surface area contributed by atoms with Crippen molar-refractivity contribution in [1.29, 1.82) is 0 Å². The van der Waals surface area contributed by atoms with Crippen molar-refractivity contribution in [3.05, 3.63) is 59.4 Å². The number of carbonyl (C=O) groups is 2. The number of aryl methyl sites for hydroxylation is 1. The van der Waals surface area contributed by atoms with Crippen LogP contribution in [0.4, 0.5) is 4.39 Å². The van der Waals surface area contributed by atoms with Gasteiger partial charge in [0.2, 0.25) is 0 Å². The largest absolute Gasteiger partial charge is 0.480 e. The van der Waals surface area contributed by atoms with E-state index in [1.165, 1.54) is 19.2 Å². The lowest BCUT2D eigenvalue weighted by atomic mass is 10.0. The van der Waals surface area contributed by atoms with Crippen molar-refractivity contribution in [2.75, 3.05) is 26.8 Å². The molecule has 0 saturated carbocycles. The number of aliphatic carboxylic acids is 1. The van der Waals surface area contributed by atoms with Crippen molar-refractivity contribution in [2.45, 2.75) is 6.92 Å². The SMILES string of the molecule is COCCN(CC(=O)O)C(=O)c1ccc(-c2ccc(C)cc2)cc1F. The van der Waals surface area contributed by atoms with Gasteiger partial charge in [0, 0.05) is 13.7 Å². The van der Waals surface area contributed by atoms with Crippen LogP contribution in [-0.2, 0) is 9.53 Å². The summed E-state index contributed by atoms with van der Waals surface area (Å²) in [6.07, 6.45) is 0. The van der Waals surface area contributed by atoms with Crippen LogP contribution in [-0.4, -0.2) is 48.7 Å². The average Bonchev–Trinajstić information content (AvgIpc) is 2.58. The number of hydrogen-bond acceptors (Lipinski definition) is 3.